The molecule has 26 heavy (non-hydrogen) atoms. The van der Waals surface area contributed by atoms with Crippen molar-refractivity contribution in [3.63, 3.8) is 0 Å². The highest BCUT2D eigenvalue weighted by atomic mass is 16.5. The summed E-state index contributed by atoms with van der Waals surface area (Å²) in [5, 5.41) is 0. The summed E-state index contributed by atoms with van der Waals surface area (Å²) in [4.78, 5) is 35.5. The van der Waals surface area contributed by atoms with Gasteiger partial charge in [-0.2, -0.15) is 0 Å². The summed E-state index contributed by atoms with van der Waals surface area (Å²) in [6, 6.07) is 3.60. The molecule has 0 aliphatic carbocycles. The normalized spacial score (nSPS) is 24.8. The lowest BCUT2D eigenvalue weighted by atomic mass is 9.86. The van der Waals surface area contributed by atoms with Crippen molar-refractivity contribution in [2.45, 2.75) is 24.8 Å². The van der Waals surface area contributed by atoms with E-state index in [0.29, 0.717) is 44.8 Å². The average molecular weight is 360 g/mol. The standard InChI is InChI=1S/C19H28N4O3/c1-21-10-11-23(18(25)16-4-3-8-20-14-16)15-19(21)6-5-17(24)22(9-7-19)12-13-26-2/h3-4,8,14H,5-7,9-13,15H2,1-2H3/t19-/m1/s1. The van der Waals surface area contributed by atoms with Crippen LogP contribution in [0.5, 0.6) is 0 Å². The first kappa shape index (κ1) is 18.8. The van der Waals surface area contributed by atoms with Crippen LogP contribution in [0.2, 0.25) is 0 Å². The number of carbonyl (C=O) groups is 2. The number of aromatic nitrogens is 1. The molecule has 0 radical (unpaired) electrons. The molecule has 0 saturated carbocycles. The molecule has 0 bridgehead atoms. The lowest BCUT2D eigenvalue weighted by Gasteiger charge is -2.49. The van der Waals surface area contributed by atoms with Crippen molar-refractivity contribution >= 4 is 11.8 Å². The number of likely N-dealkylation sites (tertiary alicyclic amines) is 1. The molecule has 2 aliphatic heterocycles. The molecule has 0 aromatic carbocycles. The van der Waals surface area contributed by atoms with E-state index in [-0.39, 0.29) is 17.4 Å². The van der Waals surface area contributed by atoms with Crippen molar-refractivity contribution in [2.75, 3.05) is 53.5 Å². The third-order valence-corrected chi connectivity index (χ3v) is 5.77. The summed E-state index contributed by atoms with van der Waals surface area (Å²) in [5.41, 5.74) is 0.478. The number of hydrogen-bond donors (Lipinski definition) is 0. The fraction of sp³-hybridized carbons (Fsp3) is 0.632. The van der Waals surface area contributed by atoms with Gasteiger partial charge in [-0.15, -0.1) is 0 Å². The molecule has 1 atom stereocenters. The second kappa shape index (κ2) is 8.14. The van der Waals surface area contributed by atoms with Crippen molar-refractivity contribution in [3.8, 4) is 0 Å². The van der Waals surface area contributed by atoms with Gasteiger partial charge in [0.1, 0.15) is 0 Å². The van der Waals surface area contributed by atoms with Crippen LogP contribution >= 0.6 is 0 Å². The van der Waals surface area contributed by atoms with Crippen LogP contribution in [0.4, 0.5) is 0 Å². The fourth-order valence-electron chi connectivity index (χ4n) is 3.98. The molecule has 7 heteroatoms. The number of nitrogens with zero attached hydrogens (tertiary/aromatic N) is 4. The highest BCUT2D eigenvalue weighted by Gasteiger charge is 2.43. The number of methoxy groups -OCH3 is 1. The minimum Gasteiger partial charge on any atom is -0.383 e. The second-order valence-corrected chi connectivity index (χ2v) is 7.24. The Kier molecular flexibility index (Phi) is 5.88. The lowest BCUT2D eigenvalue weighted by Crippen LogP contribution is -2.62. The molecule has 142 valence electrons. The van der Waals surface area contributed by atoms with E-state index in [1.807, 2.05) is 15.9 Å². The van der Waals surface area contributed by atoms with Crippen LogP contribution < -0.4 is 0 Å². The van der Waals surface area contributed by atoms with E-state index >= 15 is 0 Å². The van der Waals surface area contributed by atoms with E-state index in [0.717, 1.165) is 19.4 Å². The van der Waals surface area contributed by atoms with Gasteiger partial charge in [0.25, 0.3) is 5.91 Å². The Hall–Kier alpha value is -1.99. The van der Waals surface area contributed by atoms with E-state index in [1.54, 1.807) is 25.6 Å². The Labute approximate surface area is 154 Å². The molecule has 2 saturated heterocycles. The minimum absolute atomic E-state index is 0.0254. The summed E-state index contributed by atoms with van der Waals surface area (Å²) in [6.07, 6.45) is 5.46. The summed E-state index contributed by atoms with van der Waals surface area (Å²) >= 11 is 0. The Morgan fingerprint density at radius 1 is 1.31 bits per heavy atom. The number of rotatable bonds is 4. The number of piperazine rings is 1. The molecule has 2 aliphatic rings. The maximum absolute atomic E-state index is 12.9. The molecule has 0 N–H and O–H groups in total. The quantitative estimate of drug-likeness (QED) is 0.797. The third kappa shape index (κ3) is 3.88. The van der Waals surface area contributed by atoms with E-state index in [2.05, 4.69) is 16.9 Å². The van der Waals surface area contributed by atoms with Crippen molar-refractivity contribution < 1.29 is 14.3 Å². The maximum Gasteiger partial charge on any atom is 0.255 e. The second-order valence-electron chi connectivity index (χ2n) is 7.24. The summed E-state index contributed by atoms with van der Waals surface area (Å²) in [6.45, 7) is 4.07. The Bertz CT molecular complexity index is 639. The number of amides is 2. The van der Waals surface area contributed by atoms with Gasteiger partial charge in [-0.05, 0) is 32.0 Å². The van der Waals surface area contributed by atoms with Crippen molar-refractivity contribution in [1.29, 1.82) is 0 Å². The van der Waals surface area contributed by atoms with Gasteiger partial charge in [0.2, 0.25) is 5.91 Å². The monoisotopic (exact) mass is 360 g/mol. The van der Waals surface area contributed by atoms with Gasteiger partial charge in [-0.3, -0.25) is 19.5 Å². The van der Waals surface area contributed by atoms with Crippen molar-refractivity contribution in [2.24, 2.45) is 0 Å². The van der Waals surface area contributed by atoms with E-state index in [4.69, 9.17) is 4.74 Å². The van der Waals surface area contributed by atoms with Crippen LogP contribution in [0.1, 0.15) is 29.6 Å². The van der Waals surface area contributed by atoms with Gasteiger partial charge in [0.05, 0.1) is 12.2 Å². The molecule has 1 aromatic rings. The van der Waals surface area contributed by atoms with Gasteiger partial charge < -0.3 is 14.5 Å². The molecule has 1 aromatic heterocycles. The minimum atomic E-state index is -0.145. The van der Waals surface area contributed by atoms with Crippen LogP contribution in [-0.2, 0) is 9.53 Å². The largest absolute Gasteiger partial charge is 0.383 e. The summed E-state index contributed by atoms with van der Waals surface area (Å²) < 4.78 is 5.13. The van der Waals surface area contributed by atoms with Gasteiger partial charge in [0, 0.05) is 64.2 Å². The smallest absolute Gasteiger partial charge is 0.255 e. The Morgan fingerprint density at radius 2 is 2.15 bits per heavy atom. The Morgan fingerprint density at radius 3 is 2.88 bits per heavy atom. The number of hydrogen-bond acceptors (Lipinski definition) is 5. The number of carbonyl (C=O) groups excluding carboxylic acids is 2. The predicted octanol–water partition coefficient (Wildman–Crippen LogP) is 0.867. The number of pyridine rings is 1. The van der Waals surface area contributed by atoms with Gasteiger partial charge >= 0.3 is 0 Å². The first-order chi connectivity index (χ1) is 12.6. The molecule has 0 unspecified atom stereocenters. The molecule has 3 rings (SSSR count). The van der Waals surface area contributed by atoms with E-state index in [9.17, 15) is 9.59 Å². The zero-order valence-electron chi connectivity index (χ0n) is 15.7. The predicted molar refractivity (Wildman–Crippen MR) is 97.8 cm³/mol. The van der Waals surface area contributed by atoms with Crippen LogP contribution in [0.15, 0.2) is 24.5 Å². The first-order valence-electron chi connectivity index (χ1n) is 9.23. The molecule has 3 heterocycles. The first-order valence-corrected chi connectivity index (χ1v) is 9.23. The molecule has 1 spiro atoms. The molecule has 2 amide bonds. The van der Waals surface area contributed by atoms with Crippen LogP contribution in [0, 0.1) is 0 Å². The molecular weight excluding hydrogens is 332 g/mol. The van der Waals surface area contributed by atoms with Crippen LogP contribution in [0.25, 0.3) is 0 Å². The number of ether oxygens (including phenoxy) is 1. The van der Waals surface area contributed by atoms with E-state index in [1.165, 1.54) is 0 Å². The SMILES string of the molecule is COCCN1CC[C@]2(CCC1=O)CN(C(=O)c1cccnc1)CCN2C. The number of likely N-dealkylation sites (N-methyl/N-ethyl adjacent to an activating group) is 1. The fourth-order valence-corrected chi connectivity index (χ4v) is 3.98. The van der Waals surface area contributed by atoms with Gasteiger partial charge in [-0.25, -0.2) is 0 Å². The van der Waals surface area contributed by atoms with Gasteiger partial charge in [0.15, 0.2) is 0 Å². The van der Waals surface area contributed by atoms with Crippen molar-refractivity contribution in [1.82, 2.24) is 19.7 Å². The third-order valence-electron chi connectivity index (χ3n) is 5.77. The summed E-state index contributed by atoms with van der Waals surface area (Å²) in [5.74, 6) is 0.209. The highest BCUT2D eigenvalue weighted by Crippen LogP contribution is 2.32. The molecule has 7 nitrogen and oxygen atoms in total. The Balaban J connectivity index is 1.73. The zero-order chi connectivity index (χ0) is 18.6. The van der Waals surface area contributed by atoms with Crippen LogP contribution in [-0.4, -0.2) is 90.5 Å². The zero-order valence-corrected chi connectivity index (χ0v) is 15.7. The van der Waals surface area contributed by atoms with E-state index < -0.39 is 0 Å². The maximum atomic E-state index is 12.9. The van der Waals surface area contributed by atoms with Crippen molar-refractivity contribution in [3.05, 3.63) is 30.1 Å². The summed E-state index contributed by atoms with van der Waals surface area (Å²) in [7, 11) is 3.77. The highest BCUT2D eigenvalue weighted by molar-refractivity contribution is 5.94. The topological polar surface area (TPSA) is 66.0 Å². The average Bonchev–Trinajstić information content (AvgIpc) is 2.83. The van der Waals surface area contributed by atoms with Gasteiger partial charge in [-0.1, -0.05) is 0 Å². The van der Waals surface area contributed by atoms with Crippen LogP contribution in [0.3, 0.4) is 0 Å². The molecular formula is C19H28N4O3. The lowest BCUT2D eigenvalue weighted by molar-refractivity contribution is -0.131. The molecule has 2 fully saturated rings.